The van der Waals surface area contributed by atoms with E-state index in [9.17, 15) is 15.0 Å². The number of rotatable bonds is 9. The largest absolute Gasteiger partial charge is 0.504 e. The highest BCUT2D eigenvalue weighted by Crippen LogP contribution is 2.63. The number of phenolic OH excluding ortho intramolecular Hbond substituents is 1. The summed E-state index contributed by atoms with van der Waals surface area (Å²) in [6.45, 7) is 1.89. The highest BCUT2D eigenvalue weighted by molar-refractivity contribution is 5.92. The van der Waals surface area contributed by atoms with E-state index in [0.29, 0.717) is 25.0 Å². The van der Waals surface area contributed by atoms with Gasteiger partial charge in [0.1, 0.15) is 11.9 Å². The van der Waals surface area contributed by atoms with Gasteiger partial charge in [-0.1, -0.05) is 18.2 Å². The van der Waals surface area contributed by atoms with Crippen molar-refractivity contribution in [1.29, 1.82) is 0 Å². The van der Waals surface area contributed by atoms with E-state index in [-0.39, 0.29) is 17.7 Å². The van der Waals surface area contributed by atoms with Crippen molar-refractivity contribution in [2.75, 3.05) is 34.3 Å². The number of carbonyl (C=O) groups excluding carboxylic acids is 1. The summed E-state index contributed by atoms with van der Waals surface area (Å²) in [6.07, 6.45) is 8.93. The minimum Gasteiger partial charge on any atom is -0.504 e. The molecule has 1 heterocycles. The number of aromatic hydroxyl groups is 1. The minimum absolute atomic E-state index is 0.115. The van der Waals surface area contributed by atoms with Crippen LogP contribution in [0.25, 0.3) is 6.08 Å². The zero-order chi connectivity index (χ0) is 27.4. The number of hydrogen-bond acceptors (Lipinski definition) is 6. The summed E-state index contributed by atoms with van der Waals surface area (Å²) < 4.78 is 11.9. The van der Waals surface area contributed by atoms with Gasteiger partial charge in [-0.2, -0.15) is 0 Å². The van der Waals surface area contributed by atoms with E-state index in [0.717, 1.165) is 54.3 Å². The third-order valence-electron chi connectivity index (χ3n) is 9.75. The van der Waals surface area contributed by atoms with Gasteiger partial charge in [0, 0.05) is 25.2 Å². The first-order valence-electron chi connectivity index (χ1n) is 14.3. The number of hydrogen-bond donors (Lipinski definition) is 2. The monoisotopic (exact) mass is 532 g/mol. The van der Waals surface area contributed by atoms with E-state index in [1.165, 1.54) is 12.8 Å². The van der Waals surface area contributed by atoms with Crippen LogP contribution in [0.4, 0.5) is 0 Å². The van der Waals surface area contributed by atoms with Crippen molar-refractivity contribution in [3.05, 3.63) is 59.2 Å². The smallest absolute Gasteiger partial charge is 0.246 e. The van der Waals surface area contributed by atoms with Crippen molar-refractivity contribution >= 4 is 12.0 Å². The molecule has 39 heavy (non-hydrogen) atoms. The Morgan fingerprint density at radius 3 is 2.77 bits per heavy atom. The maximum absolute atomic E-state index is 13.5. The molecule has 0 saturated heterocycles. The van der Waals surface area contributed by atoms with E-state index in [1.54, 1.807) is 30.2 Å². The lowest BCUT2D eigenvalue weighted by atomic mass is 9.51. The minimum atomic E-state index is -0.944. The van der Waals surface area contributed by atoms with Crippen molar-refractivity contribution in [3.8, 4) is 17.2 Å². The standard InChI is InChI=1S/C32H40N2O5/c1-33(20-22-7-8-22)18-17-32-28-23-10-11-26(35)29(28)39-30(32)25(14-16-31(32,37)15-13-23)34(2)27(36)12-9-21-5-4-6-24(19-21)38-3/h4-6,9-12,19,22,25,30,35,37H,7-8,13-18,20H2,1-3H3/b12-9+/t25-,30+,31+,32+/m1/s1. The molecule has 0 radical (unpaired) electrons. The summed E-state index contributed by atoms with van der Waals surface area (Å²) in [6, 6.07) is 11.1. The third-order valence-corrected chi connectivity index (χ3v) is 9.75. The molecule has 0 bridgehead atoms. The number of aryl methyl sites for hydroxylation is 1. The van der Waals surface area contributed by atoms with E-state index in [4.69, 9.17) is 9.47 Å². The molecule has 6 rings (SSSR count). The molecule has 1 amide bonds. The summed E-state index contributed by atoms with van der Waals surface area (Å²) in [5.74, 6) is 2.02. The van der Waals surface area contributed by atoms with Crippen LogP contribution in [0.2, 0.25) is 0 Å². The molecule has 208 valence electrons. The van der Waals surface area contributed by atoms with Gasteiger partial charge in [-0.15, -0.1) is 0 Å². The van der Waals surface area contributed by atoms with Crippen LogP contribution in [0.1, 0.15) is 55.2 Å². The second kappa shape index (κ2) is 9.86. The number of carbonyl (C=O) groups is 1. The zero-order valence-electron chi connectivity index (χ0n) is 23.2. The number of benzene rings is 2. The molecule has 2 N–H and O–H groups in total. The molecular weight excluding hydrogens is 492 g/mol. The van der Waals surface area contributed by atoms with E-state index in [1.807, 2.05) is 37.4 Å². The fourth-order valence-electron chi connectivity index (χ4n) is 7.44. The molecule has 2 fully saturated rings. The molecule has 7 nitrogen and oxygen atoms in total. The number of ether oxygens (including phenoxy) is 2. The number of phenols is 1. The predicted molar refractivity (Wildman–Crippen MR) is 150 cm³/mol. The van der Waals surface area contributed by atoms with Gasteiger partial charge in [-0.25, -0.2) is 0 Å². The first kappa shape index (κ1) is 26.2. The Hall–Kier alpha value is -3.03. The first-order chi connectivity index (χ1) is 18.8. The van der Waals surface area contributed by atoms with E-state index < -0.39 is 17.1 Å². The lowest BCUT2D eigenvalue weighted by Gasteiger charge is -2.57. The summed E-state index contributed by atoms with van der Waals surface area (Å²) in [5, 5.41) is 23.2. The maximum Gasteiger partial charge on any atom is 0.246 e. The second-order valence-electron chi connectivity index (χ2n) is 12.1. The Labute approximate surface area is 231 Å². The van der Waals surface area contributed by atoms with Crippen LogP contribution in [0.3, 0.4) is 0 Å². The highest BCUT2D eigenvalue weighted by atomic mass is 16.5. The first-order valence-corrected chi connectivity index (χ1v) is 14.3. The molecule has 0 unspecified atom stereocenters. The van der Waals surface area contributed by atoms with Crippen molar-refractivity contribution in [2.45, 2.75) is 68.1 Å². The molecule has 3 aliphatic carbocycles. The van der Waals surface area contributed by atoms with Crippen molar-refractivity contribution in [2.24, 2.45) is 5.92 Å². The van der Waals surface area contributed by atoms with Crippen LogP contribution in [0.15, 0.2) is 42.5 Å². The van der Waals surface area contributed by atoms with Crippen LogP contribution in [0.5, 0.6) is 17.2 Å². The van der Waals surface area contributed by atoms with Gasteiger partial charge in [-0.05, 0) is 99.9 Å². The van der Waals surface area contributed by atoms with Gasteiger partial charge in [0.25, 0.3) is 0 Å². The van der Waals surface area contributed by atoms with Gasteiger partial charge in [0.2, 0.25) is 5.91 Å². The van der Waals surface area contributed by atoms with Crippen LogP contribution in [-0.2, 0) is 16.6 Å². The number of nitrogens with zero attached hydrogens (tertiary/aromatic N) is 2. The zero-order valence-corrected chi connectivity index (χ0v) is 23.2. The SMILES string of the molecule is COc1cccc(/C=C/C(=O)N(C)[C@@H]2CC[C@@]3(O)CCc4ccc(O)c5c4[C@@]3(CCN(C)CC3CC3)[C@H]2O5)c1. The molecule has 2 saturated carbocycles. The lowest BCUT2D eigenvalue weighted by molar-refractivity contribution is -0.153. The Kier molecular flexibility index (Phi) is 6.63. The molecule has 2 aromatic rings. The van der Waals surface area contributed by atoms with Gasteiger partial charge in [-0.3, -0.25) is 4.79 Å². The Bertz CT molecular complexity index is 1290. The van der Waals surface area contributed by atoms with Gasteiger partial charge < -0.3 is 29.5 Å². The number of amides is 1. The summed E-state index contributed by atoms with van der Waals surface area (Å²) >= 11 is 0. The molecule has 1 aliphatic heterocycles. The number of aliphatic hydroxyl groups is 1. The van der Waals surface area contributed by atoms with Crippen molar-refractivity contribution in [3.63, 3.8) is 0 Å². The Morgan fingerprint density at radius 2 is 2.00 bits per heavy atom. The van der Waals surface area contributed by atoms with E-state index in [2.05, 4.69) is 11.9 Å². The summed E-state index contributed by atoms with van der Waals surface area (Å²) in [7, 11) is 5.62. The lowest BCUT2D eigenvalue weighted by Crippen LogP contribution is -2.69. The van der Waals surface area contributed by atoms with Crippen LogP contribution >= 0.6 is 0 Å². The average Bonchev–Trinajstić information content (AvgIpc) is 3.68. The molecule has 2 aromatic carbocycles. The molecule has 7 heteroatoms. The van der Waals surface area contributed by atoms with Crippen LogP contribution in [0, 0.1) is 5.92 Å². The molecule has 0 aromatic heterocycles. The van der Waals surface area contributed by atoms with Gasteiger partial charge in [0.15, 0.2) is 11.5 Å². The molecular formula is C32H40N2O5. The quantitative estimate of drug-likeness (QED) is 0.473. The fourth-order valence-corrected chi connectivity index (χ4v) is 7.44. The number of methoxy groups -OCH3 is 1. The van der Waals surface area contributed by atoms with E-state index >= 15 is 0 Å². The van der Waals surface area contributed by atoms with Crippen molar-refractivity contribution in [1.82, 2.24) is 9.80 Å². The Morgan fingerprint density at radius 1 is 1.18 bits per heavy atom. The van der Waals surface area contributed by atoms with Crippen molar-refractivity contribution < 1.29 is 24.5 Å². The fraction of sp³-hybridized carbons (Fsp3) is 0.531. The predicted octanol–water partition coefficient (Wildman–Crippen LogP) is 4.14. The van der Waals surface area contributed by atoms with Gasteiger partial charge >= 0.3 is 0 Å². The normalized spacial score (nSPS) is 28.8. The topological polar surface area (TPSA) is 82.5 Å². The third kappa shape index (κ3) is 4.40. The van der Waals surface area contributed by atoms with Crippen LogP contribution < -0.4 is 9.47 Å². The molecule has 0 spiro atoms. The van der Waals surface area contributed by atoms with Gasteiger partial charge in [0.05, 0.1) is 24.2 Å². The summed E-state index contributed by atoms with van der Waals surface area (Å²) in [5.41, 5.74) is 1.38. The average molecular weight is 533 g/mol. The second-order valence-corrected chi connectivity index (χ2v) is 12.1. The summed E-state index contributed by atoms with van der Waals surface area (Å²) in [4.78, 5) is 17.6. The molecule has 4 atom stereocenters. The number of likely N-dealkylation sites (N-methyl/N-ethyl adjacent to an activating group) is 1. The highest BCUT2D eigenvalue weighted by Gasteiger charge is 2.68. The van der Waals surface area contributed by atoms with Crippen LogP contribution in [-0.4, -0.2) is 78.0 Å². The molecule has 4 aliphatic rings. The maximum atomic E-state index is 13.5. The Balaban J connectivity index is 1.32.